The summed E-state index contributed by atoms with van der Waals surface area (Å²) in [6, 6.07) is 6.11. The van der Waals surface area contributed by atoms with Crippen LogP contribution in [-0.4, -0.2) is 44.3 Å². The zero-order chi connectivity index (χ0) is 21.6. The first kappa shape index (κ1) is 22.8. The number of amides is 1. The van der Waals surface area contributed by atoms with Gasteiger partial charge in [-0.25, -0.2) is 13.2 Å². The van der Waals surface area contributed by atoms with Gasteiger partial charge in [-0.3, -0.25) is 4.79 Å². The lowest BCUT2D eigenvalue weighted by atomic mass is 10.3. The standard InChI is InChI=1S/C19H24N2O6S2/c1-5-27-18(23)17-13(2)21(3)19(28-17)20-16(22)7-6-12-29(24,25)15-10-8-14(26-4)9-11-15/h8-11H,5-7,12H2,1-4H3. The highest BCUT2D eigenvalue weighted by atomic mass is 32.2. The molecule has 29 heavy (non-hydrogen) atoms. The number of thiazole rings is 1. The molecule has 10 heteroatoms. The summed E-state index contributed by atoms with van der Waals surface area (Å²) < 4.78 is 36.4. The Hall–Kier alpha value is -2.46. The van der Waals surface area contributed by atoms with Gasteiger partial charge in [-0.05, 0) is 44.5 Å². The summed E-state index contributed by atoms with van der Waals surface area (Å²) in [5, 5.41) is 0. The molecule has 1 heterocycles. The van der Waals surface area contributed by atoms with Gasteiger partial charge in [0.1, 0.15) is 10.6 Å². The van der Waals surface area contributed by atoms with E-state index in [1.54, 1.807) is 37.6 Å². The van der Waals surface area contributed by atoms with E-state index < -0.39 is 21.7 Å². The monoisotopic (exact) mass is 440 g/mol. The van der Waals surface area contributed by atoms with Gasteiger partial charge in [-0.2, -0.15) is 4.99 Å². The van der Waals surface area contributed by atoms with Crippen LogP contribution >= 0.6 is 11.3 Å². The fraction of sp³-hybridized carbons (Fsp3) is 0.421. The van der Waals surface area contributed by atoms with Crippen LogP contribution in [0.25, 0.3) is 0 Å². The number of methoxy groups -OCH3 is 1. The van der Waals surface area contributed by atoms with Crippen molar-refractivity contribution in [2.45, 2.75) is 31.6 Å². The van der Waals surface area contributed by atoms with Gasteiger partial charge in [0.2, 0.25) is 5.91 Å². The molecule has 2 rings (SSSR count). The fourth-order valence-electron chi connectivity index (χ4n) is 2.49. The van der Waals surface area contributed by atoms with Gasteiger partial charge in [-0.1, -0.05) is 11.3 Å². The number of hydrogen-bond acceptors (Lipinski definition) is 7. The van der Waals surface area contributed by atoms with Crippen molar-refractivity contribution >= 4 is 33.1 Å². The van der Waals surface area contributed by atoms with Crippen molar-refractivity contribution in [2.24, 2.45) is 12.0 Å². The first-order valence-corrected chi connectivity index (χ1v) is 11.4. The lowest BCUT2D eigenvalue weighted by Gasteiger charge is -2.05. The number of nitrogens with zero attached hydrogens (tertiary/aromatic N) is 2. The van der Waals surface area contributed by atoms with E-state index in [9.17, 15) is 18.0 Å². The number of carbonyl (C=O) groups is 2. The van der Waals surface area contributed by atoms with E-state index >= 15 is 0 Å². The first-order valence-electron chi connectivity index (χ1n) is 8.97. The number of hydrogen-bond donors (Lipinski definition) is 0. The molecule has 0 aliphatic rings. The first-order chi connectivity index (χ1) is 13.7. The molecule has 0 fully saturated rings. The predicted octanol–water partition coefficient (Wildman–Crippen LogP) is 2.26. The number of sulfone groups is 1. The lowest BCUT2D eigenvalue weighted by molar-refractivity contribution is -0.118. The summed E-state index contributed by atoms with van der Waals surface area (Å²) in [6.45, 7) is 3.72. The molecule has 1 aromatic carbocycles. The number of esters is 1. The van der Waals surface area contributed by atoms with E-state index in [0.717, 1.165) is 11.3 Å². The predicted molar refractivity (Wildman–Crippen MR) is 109 cm³/mol. The van der Waals surface area contributed by atoms with Crippen LogP contribution in [0.1, 0.15) is 35.1 Å². The minimum Gasteiger partial charge on any atom is -0.497 e. The second kappa shape index (κ2) is 9.84. The van der Waals surface area contributed by atoms with E-state index in [1.165, 1.54) is 19.2 Å². The van der Waals surface area contributed by atoms with Gasteiger partial charge in [0, 0.05) is 19.2 Å². The largest absolute Gasteiger partial charge is 0.497 e. The molecule has 0 N–H and O–H groups in total. The van der Waals surface area contributed by atoms with Crippen molar-refractivity contribution in [3.63, 3.8) is 0 Å². The number of ether oxygens (including phenoxy) is 2. The topological polar surface area (TPSA) is 104 Å². The van der Waals surface area contributed by atoms with E-state index in [2.05, 4.69) is 4.99 Å². The highest BCUT2D eigenvalue weighted by molar-refractivity contribution is 7.91. The van der Waals surface area contributed by atoms with Crippen LogP contribution < -0.4 is 9.54 Å². The van der Waals surface area contributed by atoms with Crippen LogP contribution in [0.4, 0.5) is 0 Å². The van der Waals surface area contributed by atoms with E-state index in [4.69, 9.17) is 9.47 Å². The minimum atomic E-state index is -3.50. The van der Waals surface area contributed by atoms with Crippen molar-refractivity contribution < 1.29 is 27.5 Å². The van der Waals surface area contributed by atoms with Gasteiger partial charge in [-0.15, -0.1) is 0 Å². The molecule has 0 unspecified atom stereocenters. The summed E-state index contributed by atoms with van der Waals surface area (Å²) in [6.07, 6.45) is 0.135. The fourth-order valence-corrected chi connectivity index (χ4v) is 4.83. The maximum atomic E-state index is 12.4. The summed E-state index contributed by atoms with van der Waals surface area (Å²) in [5.41, 5.74) is 0.655. The molecule has 0 saturated heterocycles. The lowest BCUT2D eigenvalue weighted by Crippen LogP contribution is -2.15. The van der Waals surface area contributed by atoms with Crippen molar-refractivity contribution in [2.75, 3.05) is 19.5 Å². The molecule has 0 spiro atoms. The number of rotatable bonds is 8. The average molecular weight is 441 g/mol. The number of benzene rings is 1. The summed E-state index contributed by atoms with van der Waals surface area (Å²) >= 11 is 1.07. The van der Waals surface area contributed by atoms with Crippen molar-refractivity contribution in [3.05, 3.63) is 39.6 Å². The third-order valence-corrected chi connectivity index (χ3v) is 7.25. The van der Waals surface area contributed by atoms with Crippen LogP contribution in [0, 0.1) is 6.92 Å². The molecule has 8 nitrogen and oxygen atoms in total. The Morgan fingerprint density at radius 1 is 1.21 bits per heavy atom. The smallest absolute Gasteiger partial charge is 0.350 e. The Labute approximate surface area is 173 Å². The van der Waals surface area contributed by atoms with Crippen LogP contribution in [0.2, 0.25) is 0 Å². The molecule has 0 atom stereocenters. The van der Waals surface area contributed by atoms with Gasteiger partial charge >= 0.3 is 5.97 Å². The molecule has 0 radical (unpaired) electrons. The van der Waals surface area contributed by atoms with Crippen LogP contribution in [-0.2, 0) is 26.4 Å². The van der Waals surface area contributed by atoms with E-state index in [0.29, 0.717) is 21.1 Å². The van der Waals surface area contributed by atoms with Gasteiger partial charge in [0.15, 0.2) is 14.6 Å². The summed E-state index contributed by atoms with van der Waals surface area (Å²) in [4.78, 5) is 29.1. The number of carbonyl (C=O) groups excluding carboxylic acids is 2. The Kier molecular flexibility index (Phi) is 7.74. The normalized spacial score (nSPS) is 12.1. The van der Waals surface area contributed by atoms with Crippen LogP contribution in [0.5, 0.6) is 5.75 Å². The van der Waals surface area contributed by atoms with E-state index in [1.807, 2.05) is 0 Å². The molecule has 1 amide bonds. The number of aromatic nitrogens is 1. The molecule has 1 aromatic heterocycles. The molecule has 158 valence electrons. The molecule has 0 bridgehead atoms. The summed E-state index contributed by atoms with van der Waals surface area (Å²) in [5.74, 6) is -0.490. The quantitative estimate of drug-likeness (QED) is 0.583. The SMILES string of the molecule is CCOC(=O)c1sc(=NC(=O)CCCS(=O)(=O)c2ccc(OC)cc2)n(C)c1C. The third kappa shape index (κ3) is 5.77. The molecule has 0 aliphatic carbocycles. The van der Waals surface area contributed by atoms with Gasteiger partial charge < -0.3 is 14.0 Å². The Bertz CT molecular complexity index is 1050. The second-order valence-corrected chi connectivity index (χ2v) is 9.27. The Morgan fingerprint density at radius 3 is 2.45 bits per heavy atom. The molecular formula is C19H24N2O6S2. The zero-order valence-corrected chi connectivity index (χ0v) is 18.4. The van der Waals surface area contributed by atoms with Crippen LogP contribution in [0.3, 0.4) is 0 Å². The molecule has 0 aliphatic heterocycles. The molecule has 2 aromatic rings. The minimum absolute atomic E-state index is 0.0128. The Balaban J connectivity index is 2.04. The highest BCUT2D eigenvalue weighted by Crippen LogP contribution is 2.18. The van der Waals surface area contributed by atoms with E-state index in [-0.39, 0.29) is 30.1 Å². The Morgan fingerprint density at radius 2 is 1.86 bits per heavy atom. The average Bonchev–Trinajstić information content (AvgIpc) is 2.96. The van der Waals surface area contributed by atoms with Gasteiger partial charge in [0.05, 0.1) is 24.4 Å². The van der Waals surface area contributed by atoms with Crippen molar-refractivity contribution in [1.29, 1.82) is 0 Å². The maximum Gasteiger partial charge on any atom is 0.350 e. The van der Waals surface area contributed by atoms with Crippen LogP contribution in [0.15, 0.2) is 34.2 Å². The maximum absolute atomic E-state index is 12.4. The second-order valence-electron chi connectivity index (χ2n) is 6.18. The third-order valence-electron chi connectivity index (χ3n) is 4.22. The summed E-state index contributed by atoms with van der Waals surface area (Å²) in [7, 11) is -0.289. The molecule has 0 saturated carbocycles. The van der Waals surface area contributed by atoms with Crippen molar-refractivity contribution in [1.82, 2.24) is 4.57 Å². The van der Waals surface area contributed by atoms with Crippen molar-refractivity contribution in [3.8, 4) is 5.75 Å². The van der Waals surface area contributed by atoms with Gasteiger partial charge in [0.25, 0.3) is 0 Å². The molecular weight excluding hydrogens is 416 g/mol. The highest BCUT2D eigenvalue weighted by Gasteiger charge is 2.18. The zero-order valence-electron chi connectivity index (χ0n) is 16.8.